The van der Waals surface area contributed by atoms with Crippen LogP contribution in [0, 0.1) is 13.8 Å². The molecule has 2 amide bonds. The molecule has 0 saturated carbocycles. The molecule has 2 aromatic carbocycles. The summed E-state index contributed by atoms with van der Waals surface area (Å²) >= 11 is 3.39. The minimum absolute atomic E-state index is 0.0116. The molecule has 2 rings (SSSR count). The number of hydrogen-bond donors (Lipinski definition) is 2. The van der Waals surface area contributed by atoms with E-state index in [0.29, 0.717) is 11.3 Å². The van der Waals surface area contributed by atoms with E-state index in [4.69, 9.17) is 4.74 Å². The molecule has 0 aliphatic carbocycles. The van der Waals surface area contributed by atoms with Gasteiger partial charge in [-0.2, -0.15) is 0 Å². The summed E-state index contributed by atoms with van der Waals surface area (Å²) in [6.07, 6.45) is -0.0116. The molecule has 0 fully saturated rings. The van der Waals surface area contributed by atoms with E-state index in [-0.39, 0.29) is 25.5 Å². The van der Waals surface area contributed by atoms with Crippen molar-refractivity contribution in [2.45, 2.75) is 20.3 Å². The number of amides is 2. The van der Waals surface area contributed by atoms with Crippen LogP contribution >= 0.6 is 15.9 Å². The van der Waals surface area contributed by atoms with Crippen molar-refractivity contribution in [3.63, 3.8) is 0 Å². The third kappa shape index (κ3) is 6.53. The topological polar surface area (TPSA) is 84.5 Å². The fourth-order valence-corrected chi connectivity index (χ4v) is 2.59. The SMILES string of the molecule is Cc1cc(NC(=O)COC(=O)CCNC(=O)c2ccccc2C)ccc1Br. The Bertz CT molecular complexity index is 852. The van der Waals surface area contributed by atoms with Gasteiger partial charge in [0.25, 0.3) is 11.8 Å². The monoisotopic (exact) mass is 432 g/mol. The first-order chi connectivity index (χ1) is 12.9. The van der Waals surface area contributed by atoms with E-state index in [1.165, 1.54) is 0 Å². The maximum atomic E-state index is 12.0. The van der Waals surface area contributed by atoms with Gasteiger partial charge in [-0.15, -0.1) is 0 Å². The maximum Gasteiger partial charge on any atom is 0.308 e. The van der Waals surface area contributed by atoms with Gasteiger partial charge in [-0.25, -0.2) is 0 Å². The van der Waals surface area contributed by atoms with Crippen LogP contribution in [0.25, 0.3) is 0 Å². The molecule has 0 heterocycles. The average Bonchev–Trinajstić information content (AvgIpc) is 2.63. The van der Waals surface area contributed by atoms with Crippen molar-refractivity contribution in [2.75, 3.05) is 18.5 Å². The van der Waals surface area contributed by atoms with E-state index in [1.54, 1.807) is 18.2 Å². The van der Waals surface area contributed by atoms with E-state index >= 15 is 0 Å². The van der Waals surface area contributed by atoms with Gasteiger partial charge in [-0.3, -0.25) is 14.4 Å². The Hall–Kier alpha value is -2.67. The first-order valence-electron chi connectivity index (χ1n) is 8.42. The van der Waals surface area contributed by atoms with E-state index in [1.807, 2.05) is 38.1 Å². The zero-order chi connectivity index (χ0) is 19.8. The predicted octanol–water partition coefficient (Wildman–Crippen LogP) is 3.37. The second kappa shape index (κ2) is 9.87. The van der Waals surface area contributed by atoms with E-state index in [0.717, 1.165) is 15.6 Å². The largest absolute Gasteiger partial charge is 0.456 e. The first-order valence-corrected chi connectivity index (χ1v) is 9.21. The van der Waals surface area contributed by atoms with Crippen molar-refractivity contribution in [2.24, 2.45) is 0 Å². The van der Waals surface area contributed by atoms with Crippen molar-refractivity contribution < 1.29 is 19.1 Å². The lowest BCUT2D eigenvalue weighted by atomic mass is 10.1. The number of halogens is 1. The first kappa shape index (κ1) is 20.6. The molecule has 0 radical (unpaired) electrons. The Labute approximate surface area is 166 Å². The van der Waals surface area contributed by atoms with Crippen LogP contribution in [0.15, 0.2) is 46.9 Å². The zero-order valence-electron chi connectivity index (χ0n) is 15.2. The lowest BCUT2D eigenvalue weighted by Crippen LogP contribution is -2.28. The molecule has 0 saturated heterocycles. The molecule has 6 nitrogen and oxygen atoms in total. The lowest BCUT2D eigenvalue weighted by Gasteiger charge is -2.09. The van der Waals surface area contributed by atoms with Gasteiger partial charge in [0.2, 0.25) is 0 Å². The molecule has 0 unspecified atom stereocenters. The summed E-state index contributed by atoms with van der Waals surface area (Å²) in [7, 11) is 0. The van der Waals surface area contributed by atoms with Crippen molar-refractivity contribution in [1.29, 1.82) is 0 Å². The molecule has 0 aliphatic heterocycles. The number of esters is 1. The Morgan fingerprint density at radius 3 is 2.48 bits per heavy atom. The summed E-state index contributed by atoms with van der Waals surface area (Å²) in [6.45, 7) is 3.51. The minimum atomic E-state index is -0.553. The number of rotatable bonds is 7. The van der Waals surface area contributed by atoms with Crippen LogP contribution in [0.4, 0.5) is 5.69 Å². The highest BCUT2D eigenvalue weighted by molar-refractivity contribution is 9.10. The van der Waals surface area contributed by atoms with Crippen LogP contribution in [0.3, 0.4) is 0 Å². The van der Waals surface area contributed by atoms with Gasteiger partial charge in [0, 0.05) is 22.3 Å². The summed E-state index contributed by atoms with van der Waals surface area (Å²) in [6, 6.07) is 12.6. The second-order valence-electron chi connectivity index (χ2n) is 5.99. The van der Waals surface area contributed by atoms with Gasteiger partial charge >= 0.3 is 5.97 Å². The minimum Gasteiger partial charge on any atom is -0.456 e. The molecule has 0 aromatic heterocycles. The third-order valence-electron chi connectivity index (χ3n) is 3.81. The van der Waals surface area contributed by atoms with Crippen LogP contribution in [0.5, 0.6) is 0 Å². The van der Waals surface area contributed by atoms with Crippen molar-refractivity contribution in [3.8, 4) is 0 Å². The Balaban J connectivity index is 1.69. The van der Waals surface area contributed by atoms with Gasteiger partial charge in [0.1, 0.15) is 0 Å². The molecule has 0 spiro atoms. The molecule has 142 valence electrons. The van der Waals surface area contributed by atoms with E-state index < -0.39 is 11.9 Å². The third-order valence-corrected chi connectivity index (χ3v) is 4.70. The van der Waals surface area contributed by atoms with Crippen LogP contribution < -0.4 is 10.6 Å². The Morgan fingerprint density at radius 1 is 1.04 bits per heavy atom. The summed E-state index contributed by atoms with van der Waals surface area (Å²) in [5.41, 5.74) is 3.03. The number of aryl methyl sites for hydroxylation is 2. The van der Waals surface area contributed by atoms with E-state index in [9.17, 15) is 14.4 Å². The normalized spacial score (nSPS) is 10.2. The summed E-state index contributed by atoms with van der Waals surface area (Å²) in [4.78, 5) is 35.6. The lowest BCUT2D eigenvalue weighted by molar-refractivity contribution is -0.147. The average molecular weight is 433 g/mol. The molecule has 0 atom stereocenters. The Kier molecular flexibility index (Phi) is 7.55. The number of hydrogen-bond acceptors (Lipinski definition) is 4. The van der Waals surface area contributed by atoms with Crippen LogP contribution in [0.1, 0.15) is 27.9 Å². The molecule has 27 heavy (non-hydrogen) atoms. The molecule has 0 bridgehead atoms. The quantitative estimate of drug-likeness (QED) is 0.656. The number of benzene rings is 2. The molecular formula is C20H21BrN2O4. The summed E-state index contributed by atoms with van der Waals surface area (Å²) in [5.74, 6) is -1.22. The van der Waals surface area contributed by atoms with E-state index in [2.05, 4.69) is 26.6 Å². The fraction of sp³-hybridized carbons (Fsp3) is 0.250. The second-order valence-corrected chi connectivity index (χ2v) is 6.85. The number of nitrogens with one attached hydrogen (secondary N) is 2. The van der Waals surface area contributed by atoms with Crippen molar-refractivity contribution in [3.05, 3.63) is 63.6 Å². The summed E-state index contributed by atoms with van der Waals surface area (Å²) in [5, 5.41) is 5.33. The van der Waals surface area contributed by atoms with Gasteiger partial charge in [-0.1, -0.05) is 34.1 Å². The van der Waals surface area contributed by atoms with Crippen molar-refractivity contribution in [1.82, 2.24) is 5.32 Å². The fourth-order valence-electron chi connectivity index (χ4n) is 2.34. The standard InChI is InChI=1S/C20H21BrN2O4/c1-13-5-3-4-6-16(13)20(26)22-10-9-19(25)27-12-18(24)23-15-7-8-17(21)14(2)11-15/h3-8,11H,9-10,12H2,1-2H3,(H,22,26)(H,23,24). The van der Waals surface area contributed by atoms with Crippen molar-refractivity contribution >= 4 is 39.4 Å². The van der Waals surface area contributed by atoms with Gasteiger partial charge in [0.05, 0.1) is 6.42 Å². The maximum absolute atomic E-state index is 12.0. The molecule has 2 aromatic rings. The van der Waals surface area contributed by atoms with Crippen LogP contribution in [0.2, 0.25) is 0 Å². The highest BCUT2D eigenvalue weighted by atomic mass is 79.9. The molecule has 2 N–H and O–H groups in total. The molecular weight excluding hydrogens is 412 g/mol. The molecule has 0 aliphatic rings. The van der Waals surface area contributed by atoms with Crippen LogP contribution in [-0.4, -0.2) is 30.9 Å². The Morgan fingerprint density at radius 2 is 1.78 bits per heavy atom. The zero-order valence-corrected chi connectivity index (χ0v) is 16.8. The number of ether oxygens (including phenoxy) is 1. The highest BCUT2D eigenvalue weighted by Gasteiger charge is 2.11. The smallest absolute Gasteiger partial charge is 0.308 e. The molecule has 7 heteroatoms. The van der Waals surface area contributed by atoms with Gasteiger partial charge in [-0.05, 0) is 49.2 Å². The van der Waals surface area contributed by atoms with Crippen LogP contribution in [-0.2, 0) is 14.3 Å². The number of carbonyl (C=O) groups is 3. The van der Waals surface area contributed by atoms with Gasteiger partial charge < -0.3 is 15.4 Å². The van der Waals surface area contributed by atoms with Gasteiger partial charge in [0.15, 0.2) is 6.61 Å². The predicted molar refractivity (Wildman–Crippen MR) is 107 cm³/mol. The highest BCUT2D eigenvalue weighted by Crippen LogP contribution is 2.19. The summed E-state index contributed by atoms with van der Waals surface area (Å²) < 4.78 is 5.87. The number of carbonyl (C=O) groups excluding carboxylic acids is 3. The number of anilines is 1.